The highest BCUT2D eigenvalue weighted by Gasteiger charge is 2.19. The fourth-order valence-electron chi connectivity index (χ4n) is 2.86. The summed E-state index contributed by atoms with van der Waals surface area (Å²) in [5.41, 5.74) is 0. The third-order valence-corrected chi connectivity index (χ3v) is 5.31. The maximum atomic E-state index is 11.2. The van der Waals surface area contributed by atoms with Crippen LogP contribution in [0.5, 0.6) is 0 Å². The standard InChI is InChI=1S/C16H34N4O2S.HI/c1-5-9-20-10-6-15(7-11-20)13-18-16(17-3)19-14(2)8-12-23(4,21)22;/h14-15H,5-13H2,1-4H3,(H2,17,18,19);1H. The predicted octanol–water partition coefficient (Wildman–Crippen LogP) is 1.71. The SMILES string of the molecule is CCCN1CCC(CNC(=NC)NC(C)CCS(C)(=O)=O)CC1.I. The first-order valence-corrected chi connectivity index (χ1v) is 10.8. The van der Waals surface area contributed by atoms with Gasteiger partial charge in [-0.25, -0.2) is 8.42 Å². The van der Waals surface area contributed by atoms with Crippen LogP contribution in [0.25, 0.3) is 0 Å². The summed E-state index contributed by atoms with van der Waals surface area (Å²) in [4.78, 5) is 6.77. The van der Waals surface area contributed by atoms with Gasteiger partial charge in [-0.1, -0.05) is 6.92 Å². The van der Waals surface area contributed by atoms with Gasteiger partial charge < -0.3 is 15.5 Å². The summed E-state index contributed by atoms with van der Waals surface area (Å²) in [6.45, 7) is 8.74. The van der Waals surface area contributed by atoms with Gasteiger partial charge in [0, 0.05) is 25.9 Å². The number of guanidine groups is 1. The minimum absolute atomic E-state index is 0. The molecule has 0 aliphatic carbocycles. The van der Waals surface area contributed by atoms with Crippen LogP contribution in [0, 0.1) is 5.92 Å². The highest BCUT2D eigenvalue weighted by Crippen LogP contribution is 2.16. The van der Waals surface area contributed by atoms with E-state index in [9.17, 15) is 8.42 Å². The molecule has 6 nitrogen and oxygen atoms in total. The van der Waals surface area contributed by atoms with Gasteiger partial charge in [-0.05, 0) is 58.2 Å². The predicted molar refractivity (Wildman–Crippen MR) is 113 cm³/mol. The van der Waals surface area contributed by atoms with E-state index in [2.05, 4.69) is 27.4 Å². The van der Waals surface area contributed by atoms with Crippen LogP contribution >= 0.6 is 24.0 Å². The number of hydrogen-bond acceptors (Lipinski definition) is 4. The van der Waals surface area contributed by atoms with Crippen molar-refractivity contribution < 1.29 is 8.42 Å². The highest BCUT2D eigenvalue weighted by molar-refractivity contribution is 14.0. The van der Waals surface area contributed by atoms with E-state index in [0.717, 1.165) is 12.5 Å². The Morgan fingerprint density at radius 2 is 1.96 bits per heavy atom. The second-order valence-electron chi connectivity index (χ2n) is 6.70. The number of halogens is 1. The first kappa shape index (κ1) is 23.9. The van der Waals surface area contributed by atoms with Crippen molar-refractivity contribution in [3.63, 3.8) is 0 Å². The number of rotatable bonds is 8. The van der Waals surface area contributed by atoms with Gasteiger partial charge in [0.15, 0.2) is 5.96 Å². The summed E-state index contributed by atoms with van der Waals surface area (Å²) >= 11 is 0. The number of piperidine rings is 1. The van der Waals surface area contributed by atoms with E-state index in [-0.39, 0.29) is 35.8 Å². The number of nitrogens with one attached hydrogen (secondary N) is 2. The molecule has 0 aromatic heterocycles. The molecule has 0 bridgehead atoms. The molecule has 0 radical (unpaired) electrons. The lowest BCUT2D eigenvalue weighted by Crippen LogP contribution is -2.45. The van der Waals surface area contributed by atoms with Gasteiger partial charge in [0.1, 0.15) is 9.84 Å². The Kier molecular flexibility index (Phi) is 12.2. The molecule has 1 fully saturated rings. The van der Waals surface area contributed by atoms with Crippen LogP contribution in [0.1, 0.15) is 39.5 Å². The van der Waals surface area contributed by atoms with Crippen molar-refractivity contribution in [1.82, 2.24) is 15.5 Å². The van der Waals surface area contributed by atoms with Gasteiger partial charge in [0.05, 0.1) is 5.75 Å². The summed E-state index contributed by atoms with van der Waals surface area (Å²) < 4.78 is 22.4. The van der Waals surface area contributed by atoms with Crippen molar-refractivity contribution in [1.29, 1.82) is 0 Å². The Hall–Kier alpha value is -0.0900. The Bertz CT molecular complexity index is 463. The van der Waals surface area contributed by atoms with Crippen LogP contribution in [-0.2, 0) is 9.84 Å². The molecule has 1 aliphatic heterocycles. The van der Waals surface area contributed by atoms with Gasteiger partial charge in [0.2, 0.25) is 0 Å². The second-order valence-corrected chi connectivity index (χ2v) is 8.96. The van der Waals surface area contributed by atoms with E-state index in [1.54, 1.807) is 7.05 Å². The molecule has 0 saturated carbocycles. The lowest BCUT2D eigenvalue weighted by molar-refractivity contribution is 0.185. The summed E-state index contributed by atoms with van der Waals surface area (Å²) in [5, 5.41) is 6.66. The average Bonchev–Trinajstić information content (AvgIpc) is 2.50. The third-order valence-electron chi connectivity index (χ3n) is 4.33. The molecule has 24 heavy (non-hydrogen) atoms. The maximum absolute atomic E-state index is 11.2. The molecule has 1 heterocycles. The van der Waals surface area contributed by atoms with Crippen LogP contribution in [0.2, 0.25) is 0 Å². The number of nitrogens with zero attached hydrogens (tertiary/aromatic N) is 2. The van der Waals surface area contributed by atoms with Gasteiger partial charge in [-0.15, -0.1) is 24.0 Å². The largest absolute Gasteiger partial charge is 0.356 e. The molecule has 1 saturated heterocycles. The zero-order valence-electron chi connectivity index (χ0n) is 15.5. The Morgan fingerprint density at radius 1 is 1.33 bits per heavy atom. The Labute approximate surface area is 165 Å². The van der Waals surface area contributed by atoms with Crippen LogP contribution in [0.4, 0.5) is 0 Å². The molecule has 0 aromatic rings. The molecule has 2 N–H and O–H groups in total. The average molecular weight is 474 g/mol. The van der Waals surface area contributed by atoms with Crippen molar-refractivity contribution in [3.05, 3.63) is 0 Å². The van der Waals surface area contributed by atoms with E-state index in [1.807, 2.05) is 6.92 Å². The van der Waals surface area contributed by atoms with Crippen molar-refractivity contribution in [2.45, 2.75) is 45.6 Å². The van der Waals surface area contributed by atoms with E-state index in [0.29, 0.717) is 12.3 Å². The molecule has 0 aromatic carbocycles. The Balaban J connectivity index is 0.00000529. The fourth-order valence-corrected chi connectivity index (χ4v) is 3.64. The zero-order valence-corrected chi connectivity index (χ0v) is 18.7. The van der Waals surface area contributed by atoms with Crippen molar-refractivity contribution in [3.8, 4) is 0 Å². The first-order chi connectivity index (χ1) is 10.8. The minimum Gasteiger partial charge on any atom is -0.356 e. The van der Waals surface area contributed by atoms with Crippen molar-refractivity contribution in [2.75, 3.05) is 45.2 Å². The van der Waals surface area contributed by atoms with Gasteiger partial charge >= 0.3 is 0 Å². The summed E-state index contributed by atoms with van der Waals surface area (Å²) in [6, 6.07) is 0.0855. The summed E-state index contributed by atoms with van der Waals surface area (Å²) in [5.74, 6) is 1.66. The topological polar surface area (TPSA) is 73.8 Å². The van der Waals surface area contributed by atoms with Crippen LogP contribution in [0.15, 0.2) is 4.99 Å². The third kappa shape index (κ3) is 10.7. The number of aliphatic imine (C=N–C) groups is 1. The van der Waals surface area contributed by atoms with E-state index in [1.165, 1.54) is 45.2 Å². The quantitative estimate of drug-likeness (QED) is 0.319. The van der Waals surface area contributed by atoms with Gasteiger partial charge in [-0.2, -0.15) is 0 Å². The fraction of sp³-hybridized carbons (Fsp3) is 0.938. The molecule has 1 unspecified atom stereocenters. The van der Waals surface area contributed by atoms with Crippen LogP contribution < -0.4 is 10.6 Å². The zero-order chi connectivity index (χ0) is 17.3. The maximum Gasteiger partial charge on any atom is 0.191 e. The van der Waals surface area contributed by atoms with E-state index >= 15 is 0 Å². The highest BCUT2D eigenvalue weighted by atomic mass is 127. The Morgan fingerprint density at radius 3 is 2.46 bits per heavy atom. The molecule has 0 spiro atoms. The van der Waals surface area contributed by atoms with Gasteiger partial charge in [0.25, 0.3) is 0 Å². The molecule has 144 valence electrons. The van der Waals surface area contributed by atoms with Crippen molar-refractivity contribution in [2.24, 2.45) is 10.9 Å². The minimum atomic E-state index is -2.91. The summed E-state index contributed by atoms with van der Waals surface area (Å²) in [7, 11) is -1.15. The lowest BCUT2D eigenvalue weighted by atomic mass is 9.97. The monoisotopic (exact) mass is 474 g/mol. The van der Waals surface area contributed by atoms with Gasteiger partial charge in [-0.3, -0.25) is 4.99 Å². The smallest absolute Gasteiger partial charge is 0.191 e. The number of hydrogen-bond donors (Lipinski definition) is 2. The van der Waals surface area contributed by atoms with Crippen LogP contribution in [0.3, 0.4) is 0 Å². The van der Waals surface area contributed by atoms with Crippen molar-refractivity contribution >= 4 is 39.8 Å². The molecule has 1 atom stereocenters. The second kappa shape index (κ2) is 12.3. The molecule has 1 rings (SSSR count). The summed E-state index contributed by atoms with van der Waals surface area (Å²) in [6.07, 6.45) is 5.55. The molecular weight excluding hydrogens is 439 g/mol. The first-order valence-electron chi connectivity index (χ1n) is 8.71. The van der Waals surface area contributed by atoms with Crippen LogP contribution in [-0.4, -0.2) is 70.6 Å². The van der Waals surface area contributed by atoms with E-state index < -0.39 is 9.84 Å². The number of likely N-dealkylation sites (tertiary alicyclic amines) is 1. The van der Waals surface area contributed by atoms with E-state index in [4.69, 9.17) is 0 Å². The normalized spacial score (nSPS) is 18.8. The molecule has 1 aliphatic rings. The molecule has 0 amide bonds. The number of sulfone groups is 1. The lowest BCUT2D eigenvalue weighted by Gasteiger charge is -2.32. The molecular formula is C16H35IN4O2S. The molecule has 8 heteroatoms.